The molecule has 0 aliphatic carbocycles. The van der Waals surface area contributed by atoms with E-state index < -0.39 is 0 Å². The number of aromatic nitrogens is 1. The second kappa shape index (κ2) is 10.3. The lowest BCUT2D eigenvalue weighted by atomic mass is 10.2. The van der Waals surface area contributed by atoms with Gasteiger partial charge < -0.3 is 15.4 Å². The van der Waals surface area contributed by atoms with Crippen LogP contribution in [-0.2, 0) is 6.42 Å². The molecule has 0 fully saturated rings. The number of aliphatic imine (C=N–C) groups is 1. The number of para-hydroxylation sites is 1. The van der Waals surface area contributed by atoms with Gasteiger partial charge in [0.2, 0.25) is 0 Å². The van der Waals surface area contributed by atoms with E-state index in [9.17, 15) is 0 Å². The zero-order chi connectivity index (χ0) is 17.0. The average molecular weight is 326 g/mol. The van der Waals surface area contributed by atoms with Crippen LogP contribution in [0.25, 0.3) is 0 Å². The number of guanidine groups is 1. The predicted octanol–water partition coefficient (Wildman–Crippen LogP) is 2.57. The van der Waals surface area contributed by atoms with Gasteiger partial charge in [0.05, 0.1) is 6.61 Å². The SMILES string of the molecule is CN=C(NCCCOc1ccccc1C)NCCc1ccccn1. The van der Waals surface area contributed by atoms with Crippen LogP contribution in [-0.4, -0.2) is 37.7 Å². The van der Waals surface area contributed by atoms with Gasteiger partial charge in [0.25, 0.3) is 0 Å². The van der Waals surface area contributed by atoms with Gasteiger partial charge in [0, 0.05) is 38.4 Å². The molecule has 0 amide bonds. The number of hydrogen-bond donors (Lipinski definition) is 2. The zero-order valence-corrected chi connectivity index (χ0v) is 14.5. The molecule has 0 unspecified atom stereocenters. The lowest BCUT2D eigenvalue weighted by Gasteiger charge is -2.12. The molecule has 0 aliphatic heterocycles. The molecule has 128 valence electrons. The highest BCUT2D eigenvalue weighted by Gasteiger charge is 2.00. The molecule has 0 saturated carbocycles. The van der Waals surface area contributed by atoms with Crippen molar-refractivity contribution in [1.29, 1.82) is 0 Å². The molecule has 1 heterocycles. The van der Waals surface area contributed by atoms with Crippen LogP contribution >= 0.6 is 0 Å². The highest BCUT2D eigenvalue weighted by Crippen LogP contribution is 2.15. The van der Waals surface area contributed by atoms with Gasteiger partial charge in [-0.25, -0.2) is 0 Å². The molecule has 2 aromatic rings. The summed E-state index contributed by atoms with van der Waals surface area (Å²) < 4.78 is 5.78. The van der Waals surface area contributed by atoms with Gasteiger partial charge in [-0.05, 0) is 37.1 Å². The fraction of sp³-hybridized carbons (Fsp3) is 0.368. The van der Waals surface area contributed by atoms with Gasteiger partial charge >= 0.3 is 0 Å². The molecule has 0 saturated heterocycles. The minimum atomic E-state index is 0.683. The van der Waals surface area contributed by atoms with Gasteiger partial charge in [0.1, 0.15) is 5.75 Å². The number of aryl methyl sites for hydroxylation is 1. The average Bonchev–Trinajstić information content (AvgIpc) is 2.62. The van der Waals surface area contributed by atoms with Crippen molar-refractivity contribution in [2.45, 2.75) is 19.8 Å². The first-order valence-corrected chi connectivity index (χ1v) is 8.32. The minimum Gasteiger partial charge on any atom is -0.493 e. The van der Waals surface area contributed by atoms with Crippen molar-refractivity contribution in [3.8, 4) is 5.75 Å². The predicted molar refractivity (Wildman–Crippen MR) is 98.6 cm³/mol. The Bertz CT molecular complexity index is 628. The quantitative estimate of drug-likeness (QED) is 0.445. The van der Waals surface area contributed by atoms with Crippen molar-refractivity contribution >= 4 is 5.96 Å². The maximum Gasteiger partial charge on any atom is 0.190 e. The molecule has 1 aromatic carbocycles. The maximum absolute atomic E-state index is 5.78. The van der Waals surface area contributed by atoms with Gasteiger partial charge in [-0.15, -0.1) is 0 Å². The maximum atomic E-state index is 5.78. The molecule has 0 spiro atoms. The monoisotopic (exact) mass is 326 g/mol. The molecule has 0 bridgehead atoms. The highest BCUT2D eigenvalue weighted by molar-refractivity contribution is 5.79. The van der Waals surface area contributed by atoms with Crippen LogP contribution < -0.4 is 15.4 Å². The summed E-state index contributed by atoms with van der Waals surface area (Å²) in [6.45, 7) is 4.36. The molecule has 0 radical (unpaired) electrons. The molecule has 2 N–H and O–H groups in total. The summed E-state index contributed by atoms with van der Waals surface area (Å²) in [7, 11) is 1.78. The largest absolute Gasteiger partial charge is 0.493 e. The normalized spacial score (nSPS) is 11.2. The van der Waals surface area contributed by atoms with Crippen LogP contribution in [0.4, 0.5) is 0 Å². The Morgan fingerprint density at radius 1 is 1.08 bits per heavy atom. The van der Waals surface area contributed by atoms with Crippen molar-refractivity contribution in [1.82, 2.24) is 15.6 Å². The Hall–Kier alpha value is -2.56. The number of hydrogen-bond acceptors (Lipinski definition) is 3. The van der Waals surface area contributed by atoms with Crippen LogP contribution in [0, 0.1) is 6.92 Å². The van der Waals surface area contributed by atoms with E-state index >= 15 is 0 Å². The second-order valence-electron chi connectivity index (χ2n) is 5.46. The number of ether oxygens (including phenoxy) is 1. The molecule has 2 rings (SSSR count). The summed E-state index contributed by atoms with van der Waals surface area (Å²) in [6, 6.07) is 14.0. The second-order valence-corrected chi connectivity index (χ2v) is 5.46. The summed E-state index contributed by atoms with van der Waals surface area (Å²) in [5, 5.41) is 6.59. The first kappa shape index (κ1) is 17.8. The molecule has 24 heavy (non-hydrogen) atoms. The van der Waals surface area contributed by atoms with Crippen LogP contribution in [0.5, 0.6) is 5.75 Å². The summed E-state index contributed by atoms with van der Waals surface area (Å²) in [5.41, 5.74) is 2.24. The van der Waals surface area contributed by atoms with Gasteiger partial charge in [0.15, 0.2) is 5.96 Å². The van der Waals surface area contributed by atoms with E-state index in [1.54, 1.807) is 7.05 Å². The van der Waals surface area contributed by atoms with Gasteiger partial charge in [-0.2, -0.15) is 0 Å². The first-order chi connectivity index (χ1) is 11.8. The fourth-order valence-corrected chi connectivity index (χ4v) is 2.26. The van der Waals surface area contributed by atoms with Crippen molar-refractivity contribution < 1.29 is 4.74 Å². The molecule has 0 aliphatic rings. The number of nitrogens with one attached hydrogen (secondary N) is 2. The lowest BCUT2D eigenvalue weighted by molar-refractivity contribution is 0.309. The number of rotatable bonds is 8. The smallest absolute Gasteiger partial charge is 0.190 e. The van der Waals surface area contributed by atoms with Crippen LogP contribution in [0.2, 0.25) is 0 Å². The Balaban J connectivity index is 1.59. The molecular formula is C19H26N4O. The molecule has 5 heteroatoms. The zero-order valence-electron chi connectivity index (χ0n) is 14.5. The third-order valence-electron chi connectivity index (χ3n) is 3.59. The van der Waals surface area contributed by atoms with Crippen molar-refractivity contribution in [3.05, 3.63) is 59.9 Å². The van der Waals surface area contributed by atoms with E-state index in [-0.39, 0.29) is 0 Å². The third-order valence-corrected chi connectivity index (χ3v) is 3.59. The van der Waals surface area contributed by atoms with Crippen LogP contribution in [0.3, 0.4) is 0 Å². The molecular weight excluding hydrogens is 300 g/mol. The molecule has 5 nitrogen and oxygen atoms in total. The first-order valence-electron chi connectivity index (χ1n) is 8.32. The number of nitrogens with zero attached hydrogens (tertiary/aromatic N) is 2. The standard InChI is InChI=1S/C19H26N4O/c1-16-8-3-4-10-18(16)24-15-7-13-22-19(20-2)23-14-11-17-9-5-6-12-21-17/h3-6,8-10,12H,7,11,13-15H2,1-2H3,(H2,20,22,23). The topological polar surface area (TPSA) is 58.5 Å². The summed E-state index contributed by atoms with van der Waals surface area (Å²) in [5.74, 6) is 1.76. The van der Waals surface area contributed by atoms with Gasteiger partial charge in [-0.1, -0.05) is 24.3 Å². The van der Waals surface area contributed by atoms with Crippen molar-refractivity contribution in [2.24, 2.45) is 4.99 Å². The summed E-state index contributed by atoms with van der Waals surface area (Å²) in [6.07, 6.45) is 3.60. The summed E-state index contributed by atoms with van der Waals surface area (Å²) in [4.78, 5) is 8.53. The number of benzene rings is 1. The summed E-state index contributed by atoms with van der Waals surface area (Å²) >= 11 is 0. The Kier molecular flexibility index (Phi) is 7.60. The van der Waals surface area contributed by atoms with E-state index in [1.807, 2.05) is 42.6 Å². The van der Waals surface area contributed by atoms with E-state index in [1.165, 1.54) is 0 Å². The van der Waals surface area contributed by atoms with E-state index in [2.05, 4.69) is 33.6 Å². The van der Waals surface area contributed by atoms with Gasteiger partial charge in [-0.3, -0.25) is 9.98 Å². The van der Waals surface area contributed by atoms with Crippen molar-refractivity contribution in [2.75, 3.05) is 26.7 Å². The Labute approximate surface area is 144 Å². The minimum absolute atomic E-state index is 0.683. The van der Waals surface area contributed by atoms with Crippen LogP contribution in [0.1, 0.15) is 17.7 Å². The Morgan fingerprint density at radius 2 is 1.88 bits per heavy atom. The van der Waals surface area contributed by atoms with E-state index in [0.29, 0.717) is 6.61 Å². The van der Waals surface area contributed by atoms with E-state index in [0.717, 1.165) is 48.9 Å². The Morgan fingerprint density at radius 3 is 2.62 bits per heavy atom. The number of pyridine rings is 1. The van der Waals surface area contributed by atoms with E-state index in [4.69, 9.17) is 4.74 Å². The lowest BCUT2D eigenvalue weighted by Crippen LogP contribution is -2.39. The molecule has 0 atom stereocenters. The fourth-order valence-electron chi connectivity index (χ4n) is 2.26. The van der Waals surface area contributed by atoms with Crippen molar-refractivity contribution in [3.63, 3.8) is 0 Å². The third kappa shape index (κ3) is 6.28. The highest BCUT2D eigenvalue weighted by atomic mass is 16.5. The van der Waals surface area contributed by atoms with Crippen LogP contribution in [0.15, 0.2) is 53.7 Å². The molecule has 1 aromatic heterocycles.